The highest BCUT2D eigenvalue weighted by Gasteiger charge is 2.09. The highest BCUT2D eigenvalue weighted by molar-refractivity contribution is 5.96. The quantitative estimate of drug-likeness (QED) is 0.706. The lowest BCUT2D eigenvalue weighted by atomic mass is 10.2. The Hall–Kier alpha value is -1.95. The molecular weight excluding hydrogens is 260 g/mol. The predicted octanol–water partition coefficient (Wildman–Crippen LogP) is 1.57. The van der Waals surface area contributed by atoms with E-state index in [1.165, 1.54) is 18.3 Å². The number of nitrogens with zero attached hydrogens (tertiary/aromatic N) is 1. The lowest BCUT2D eigenvalue weighted by Crippen LogP contribution is -2.25. The molecule has 2 N–H and O–H groups in total. The largest absolute Gasteiger partial charge is 0.477 e. The normalized spacial score (nSPS) is 10.6. The number of rotatable bonds is 8. The molecule has 0 aliphatic carbocycles. The molecule has 0 aromatic carbocycles. The fraction of sp³-hybridized carbons (Fsp3) is 0.500. The molecule has 1 amide bonds. The fourth-order valence-electron chi connectivity index (χ4n) is 1.49. The lowest BCUT2D eigenvalue weighted by Gasteiger charge is -2.08. The monoisotopic (exact) mass is 280 g/mol. The van der Waals surface area contributed by atoms with Gasteiger partial charge >= 0.3 is 5.97 Å². The Balaban J connectivity index is 2.32. The van der Waals surface area contributed by atoms with Crippen LogP contribution >= 0.6 is 0 Å². The van der Waals surface area contributed by atoms with E-state index in [-0.39, 0.29) is 11.6 Å². The van der Waals surface area contributed by atoms with Crippen LogP contribution in [0.4, 0.5) is 0 Å². The van der Waals surface area contributed by atoms with Gasteiger partial charge in [-0.2, -0.15) is 0 Å². The van der Waals surface area contributed by atoms with Crippen molar-refractivity contribution in [3.05, 3.63) is 29.6 Å². The summed E-state index contributed by atoms with van der Waals surface area (Å²) in [6.07, 6.45) is 2.03. The number of amides is 1. The molecule has 6 heteroatoms. The van der Waals surface area contributed by atoms with E-state index in [9.17, 15) is 9.59 Å². The van der Waals surface area contributed by atoms with Crippen LogP contribution < -0.4 is 5.32 Å². The van der Waals surface area contributed by atoms with Crippen LogP contribution in [0.15, 0.2) is 18.3 Å². The molecule has 20 heavy (non-hydrogen) atoms. The van der Waals surface area contributed by atoms with E-state index >= 15 is 0 Å². The summed E-state index contributed by atoms with van der Waals surface area (Å²) in [5, 5.41) is 11.5. The summed E-state index contributed by atoms with van der Waals surface area (Å²) in [6, 6.07) is 2.74. The van der Waals surface area contributed by atoms with Gasteiger partial charge in [-0.05, 0) is 24.5 Å². The number of carbonyl (C=O) groups is 2. The van der Waals surface area contributed by atoms with Gasteiger partial charge in [0.1, 0.15) is 5.69 Å². The summed E-state index contributed by atoms with van der Waals surface area (Å²) >= 11 is 0. The molecule has 6 nitrogen and oxygen atoms in total. The Bertz CT molecular complexity index is 460. The highest BCUT2D eigenvalue weighted by Crippen LogP contribution is 2.02. The Morgan fingerprint density at radius 3 is 2.85 bits per heavy atom. The second-order valence-corrected chi connectivity index (χ2v) is 4.81. The minimum absolute atomic E-state index is 0.141. The fourth-order valence-corrected chi connectivity index (χ4v) is 1.49. The Kier molecular flexibility index (Phi) is 6.66. The molecule has 110 valence electrons. The molecule has 0 saturated carbocycles. The van der Waals surface area contributed by atoms with Crippen LogP contribution in [0.2, 0.25) is 0 Å². The molecule has 0 fully saturated rings. The zero-order valence-electron chi connectivity index (χ0n) is 11.8. The van der Waals surface area contributed by atoms with Gasteiger partial charge in [-0.15, -0.1) is 0 Å². The van der Waals surface area contributed by atoms with Crippen LogP contribution in [0.5, 0.6) is 0 Å². The molecule has 0 bridgehead atoms. The minimum Gasteiger partial charge on any atom is -0.477 e. The first-order valence-corrected chi connectivity index (χ1v) is 6.56. The molecule has 0 atom stereocenters. The van der Waals surface area contributed by atoms with E-state index in [0.29, 0.717) is 31.2 Å². The number of aromatic nitrogens is 1. The molecule has 1 rings (SSSR count). The van der Waals surface area contributed by atoms with Crippen molar-refractivity contribution in [2.24, 2.45) is 5.92 Å². The first-order valence-electron chi connectivity index (χ1n) is 6.56. The summed E-state index contributed by atoms with van der Waals surface area (Å²) in [4.78, 5) is 26.2. The second-order valence-electron chi connectivity index (χ2n) is 4.81. The van der Waals surface area contributed by atoms with Gasteiger partial charge in [0.05, 0.1) is 0 Å². The van der Waals surface area contributed by atoms with E-state index in [0.717, 1.165) is 6.42 Å². The van der Waals surface area contributed by atoms with E-state index < -0.39 is 5.97 Å². The smallest absolute Gasteiger partial charge is 0.354 e. The summed E-state index contributed by atoms with van der Waals surface area (Å²) < 4.78 is 5.39. The number of ether oxygens (including phenoxy) is 1. The first kappa shape index (κ1) is 16.1. The van der Waals surface area contributed by atoms with Crippen molar-refractivity contribution in [2.75, 3.05) is 19.8 Å². The SMILES string of the molecule is CC(C)COCCCNC(=O)c1ccnc(C(=O)O)c1. The number of aromatic carboxylic acids is 1. The third-order valence-corrected chi connectivity index (χ3v) is 2.44. The van der Waals surface area contributed by atoms with Crippen molar-refractivity contribution >= 4 is 11.9 Å². The number of pyridine rings is 1. The molecular formula is C14H20N2O4. The average molecular weight is 280 g/mol. The van der Waals surface area contributed by atoms with E-state index in [1.54, 1.807) is 0 Å². The molecule has 1 aromatic heterocycles. The van der Waals surface area contributed by atoms with Crippen LogP contribution in [0, 0.1) is 5.92 Å². The Morgan fingerprint density at radius 2 is 2.20 bits per heavy atom. The van der Waals surface area contributed by atoms with Gasteiger partial charge in [0.2, 0.25) is 0 Å². The third kappa shape index (κ3) is 5.79. The number of nitrogens with one attached hydrogen (secondary N) is 1. The van der Waals surface area contributed by atoms with Crippen molar-refractivity contribution in [3.8, 4) is 0 Å². The van der Waals surface area contributed by atoms with E-state index in [1.807, 2.05) is 0 Å². The van der Waals surface area contributed by atoms with Gasteiger partial charge in [0.15, 0.2) is 0 Å². The molecule has 0 aliphatic rings. The van der Waals surface area contributed by atoms with Crippen LogP contribution in [0.25, 0.3) is 0 Å². The number of carbonyl (C=O) groups excluding carboxylic acids is 1. The maximum atomic E-state index is 11.8. The maximum absolute atomic E-state index is 11.8. The minimum atomic E-state index is -1.15. The van der Waals surface area contributed by atoms with Crippen molar-refractivity contribution in [3.63, 3.8) is 0 Å². The summed E-state index contributed by atoms with van der Waals surface area (Å²) in [6.45, 7) is 5.94. The van der Waals surface area contributed by atoms with Gasteiger partial charge in [-0.1, -0.05) is 13.8 Å². The Labute approximate surface area is 118 Å². The molecule has 1 aromatic rings. The van der Waals surface area contributed by atoms with Crippen LogP contribution in [0.1, 0.15) is 41.1 Å². The number of hydrogen-bond donors (Lipinski definition) is 2. The van der Waals surface area contributed by atoms with E-state index in [2.05, 4.69) is 24.1 Å². The molecule has 0 radical (unpaired) electrons. The van der Waals surface area contributed by atoms with Crippen molar-refractivity contribution in [2.45, 2.75) is 20.3 Å². The van der Waals surface area contributed by atoms with E-state index in [4.69, 9.17) is 9.84 Å². The van der Waals surface area contributed by atoms with Gasteiger partial charge < -0.3 is 15.2 Å². The van der Waals surface area contributed by atoms with Crippen molar-refractivity contribution in [1.29, 1.82) is 0 Å². The molecule has 0 spiro atoms. The third-order valence-electron chi connectivity index (χ3n) is 2.44. The second kappa shape index (κ2) is 8.27. The van der Waals surface area contributed by atoms with Crippen molar-refractivity contribution in [1.82, 2.24) is 10.3 Å². The number of carboxylic acid groups (broad SMARTS) is 1. The molecule has 1 heterocycles. The summed E-state index contributed by atoms with van der Waals surface area (Å²) in [5.74, 6) is -0.962. The Morgan fingerprint density at radius 1 is 1.45 bits per heavy atom. The topological polar surface area (TPSA) is 88.5 Å². The lowest BCUT2D eigenvalue weighted by molar-refractivity contribution is 0.0690. The van der Waals surface area contributed by atoms with Crippen LogP contribution in [0.3, 0.4) is 0 Å². The van der Waals surface area contributed by atoms with Gasteiger partial charge in [-0.3, -0.25) is 4.79 Å². The van der Waals surface area contributed by atoms with Gasteiger partial charge in [0, 0.05) is 31.5 Å². The maximum Gasteiger partial charge on any atom is 0.354 e. The highest BCUT2D eigenvalue weighted by atomic mass is 16.5. The average Bonchev–Trinajstić information content (AvgIpc) is 2.42. The standard InChI is InChI=1S/C14H20N2O4/c1-10(2)9-20-7-3-5-16-13(17)11-4-6-15-12(8-11)14(18)19/h4,6,8,10H,3,5,7,9H2,1-2H3,(H,16,17)(H,18,19). The van der Waals surface area contributed by atoms with Crippen molar-refractivity contribution < 1.29 is 19.4 Å². The summed E-state index contributed by atoms with van der Waals surface area (Å²) in [5.41, 5.74) is 0.151. The van der Waals surface area contributed by atoms with Crippen LogP contribution in [-0.2, 0) is 4.74 Å². The van der Waals surface area contributed by atoms with Gasteiger partial charge in [0.25, 0.3) is 5.91 Å². The molecule has 0 aliphatic heterocycles. The summed E-state index contributed by atoms with van der Waals surface area (Å²) in [7, 11) is 0. The molecule has 0 unspecified atom stereocenters. The number of carboxylic acids is 1. The zero-order valence-corrected chi connectivity index (χ0v) is 11.8. The predicted molar refractivity (Wildman–Crippen MR) is 73.8 cm³/mol. The van der Waals surface area contributed by atoms with Gasteiger partial charge in [-0.25, -0.2) is 9.78 Å². The first-order chi connectivity index (χ1) is 9.50. The zero-order chi connectivity index (χ0) is 15.0. The molecule has 0 saturated heterocycles. The van der Waals surface area contributed by atoms with Crippen LogP contribution in [-0.4, -0.2) is 41.7 Å². The number of hydrogen-bond acceptors (Lipinski definition) is 4.